The van der Waals surface area contributed by atoms with E-state index in [4.69, 9.17) is 4.74 Å². The molecule has 0 saturated carbocycles. The molecule has 0 unspecified atom stereocenters. The summed E-state index contributed by atoms with van der Waals surface area (Å²) in [5.41, 5.74) is 0. The molecule has 7 heteroatoms. The number of rotatable bonds is 6. The fraction of sp³-hybridized carbons (Fsp3) is 0.923. The third-order valence-corrected chi connectivity index (χ3v) is 3.38. The Labute approximate surface area is 117 Å². The highest BCUT2D eigenvalue weighted by molar-refractivity contribution is 5.78. The Balaban J connectivity index is 2.51. The summed E-state index contributed by atoms with van der Waals surface area (Å²) in [7, 11) is 1.43. The minimum absolute atomic E-state index is 0.102. The molecule has 1 aliphatic heterocycles. The average Bonchev–Trinajstić information content (AvgIpc) is 2.34. The minimum Gasteiger partial charge on any atom is -0.383 e. The molecule has 1 fully saturated rings. The van der Waals surface area contributed by atoms with Crippen molar-refractivity contribution in [1.29, 1.82) is 0 Å². The van der Waals surface area contributed by atoms with Crippen molar-refractivity contribution in [2.75, 3.05) is 46.4 Å². The quantitative estimate of drug-likeness (QED) is 0.749. The number of likely N-dealkylation sites (tertiary alicyclic amines) is 1. The molecule has 1 amide bonds. The standard InChI is InChI=1S/C13H23F3N2O2/c1-11-4-3-5-18(8-11)12(19)9-17(6-7-20-2)10-13(14,15)16/h11H,3-10H2,1-2H3/t11-/m0/s1. The molecular formula is C13H23F3N2O2. The average molecular weight is 296 g/mol. The van der Waals surface area contributed by atoms with E-state index in [0.29, 0.717) is 19.0 Å². The molecule has 1 heterocycles. The van der Waals surface area contributed by atoms with Crippen LogP contribution >= 0.6 is 0 Å². The van der Waals surface area contributed by atoms with Crippen LogP contribution in [0.3, 0.4) is 0 Å². The van der Waals surface area contributed by atoms with Crippen LogP contribution in [0.2, 0.25) is 0 Å². The van der Waals surface area contributed by atoms with E-state index >= 15 is 0 Å². The maximum Gasteiger partial charge on any atom is 0.401 e. The fourth-order valence-corrected chi connectivity index (χ4v) is 2.40. The van der Waals surface area contributed by atoms with E-state index in [1.54, 1.807) is 4.90 Å². The van der Waals surface area contributed by atoms with Crippen LogP contribution < -0.4 is 0 Å². The molecule has 0 aromatic rings. The maximum absolute atomic E-state index is 12.5. The van der Waals surface area contributed by atoms with Crippen LogP contribution in [0.4, 0.5) is 13.2 Å². The summed E-state index contributed by atoms with van der Waals surface area (Å²) in [6.07, 6.45) is -2.31. The first-order valence-electron chi connectivity index (χ1n) is 6.87. The van der Waals surface area contributed by atoms with Crippen molar-refractivity contribution in [3.8, 4) is 0 Å². The van der Waals surface area contributed by atoms with Crippen LogP contribution in [0.1, 0.15) is 19.8 Å². The summed E-state index contributed by atoms with van der Waals surface area (Å²) in [4.78, 5) is 14.9. The molecular weight excluding hydrogens is 273 g/mol. The van der Waals surface area contributed by atoms with Crippen molar-refractivity contribution in [3.63, 3.8) is 0 Å². The van der Waals surface area contributed by atoms with Crippen LogP contribution in [-0.4, -0.2) is 68.3 Å². The summed E-state index contributed by atoms with van der Waals surface area (Å²) >= 11 is 0. The lowest BCUT2D eigenvalue weighted by Gasteiger charge is -2.33. The number of halogens is 3. The Kier molecular flexibility index (Phi) is 6.75. The highest BCUT2D eigenvalue weighted by atomic mass is 19.4. The monoisotopic (exact) mass is 296 g/mol. The van der Waals surface area contributed by atoms with Gasteiger partial charge in [0.1, 0.15) is 0 Å². The molecule has 20 heavy (non-hydrogen) atoms. The largest absolute Gasteiger partial charge is 0.401 e. The van der Waals surface area contributed by atoms with Gasteiger partial charge in [-0.05, 0) is 18.8 Å². The predicted molar refractivity (Wildman–Crippen MR) is 69.3 cm³/mol. The summed E-state index contributed by atoms with van der Waals surface area (Å²) in [5, 5.41) is 0. The van der Waals surface area contributed by atoms with Crippen LogP contribution in [0, 0.1) is 5.92 Å². The first kappa shape index (κ1) is 17.2. The van der Waals surface area contributed by atoms with Gasteiger partial charge in [-0.25, -0.2) is 0 Å². The minimum atomic E-state index is -4.30. The highest BCUT2D eigenvalue weighted by Gasteiger charge is 2.32. The Morgan fingerprint density at radius 1 is 1.45 bits per heavy atom. The molecule has 0 aromatic carbocycles. The van der Waals surface area contributed by atoms with Gasteiger partial charge in [-0.3, -0.25) is 9.69 Å². The van der Waals surface area contributed by atoms with Gasteiger partial charge in [0.05, 0.1) is 19.7 Å². The predicted octanol–water partition coefficient (Wildman–Crippen LogP) is 1.76. The lowest BCUT2D eigenvalue weighted by Crippen LogP contribution is -2.47. The number of hydrogen-bond acceptors (Lipinski definition) is 3. The summed E-state index contributed by atoms with van der Waals surface area (Å²) in [5.74, 6) is 0.194. The Morgan fingerprint density at radius 3 is 2.70 bits per heavy atom. The van der Waals surface area contributed by atoms with Gasteiger partial charge < -0.3 is 9.64 Å². The molecule has 0 spiro atoms. The molecule has 1 atom stereocenters. The summed E-state index contributed by atoms with van der Waals surface area (Å²) < 4.78 is 42.2. The summed E-state index contributed by atoms with van der Waals surface area (Å²) in [6, 6.07) is 0. The smallest absolute Gasteiger partial charge is 0.383 e. The number of piperidine rings is 1. The topological polar surface area (TPSA) is 32.8 Å². The number of methoxy groups -OCH3 is 1. The van der Waals surface area contributed by atoms with Gasteiger partial charge in [0.2, 0.25) is 5.91 Å². The Hall–Kier alpha value is -0.820. The van der Waals surface area contributed by atoms with Gasteiger partial charge >= 0.3 is 6.18 Å². The van der Waals surface area contributed by atoms with Gasteiger partial charge in [-0.1, -0.05) is 6.92 Å². The zero-order valence-corrected chi connectivity index (χ0v) is 12.1. The molecule has 118 valence electrons. The van der Waals surface area contributed by atoms with Crippen molar-refractivity contribution in [3.05, 3.63) is 0 Å². The van der Waals surface area contributed by atoms with Crippen LogP contribution in [0.15, 0.2) is 0 Å². The number of carbonyl (C=O) groups is 1. The second-order valence-electron chi connectivity index (χ2n) is 5.41. The number of amides is 1. The van der Waals surface area contributed by atoms with Crippen molar-refractivity contribution in [2.45, 2.75) is 25.9 Å². The Bertz CT molecular complexity index is 310. The van der Waals surface area contributed by atoms with E-state index in [1.165, 1.54) is 7.11 Å². The van der Waals surface area contributed by atoms with Crippen LogP contribution in [-0.2, 0) is 9.53 Å². The number of ether oxygens (including phenoxy) is 1. The molecule has 0 N–H and O–H groups in total. The van der Waals surface area contributed by atoms with Gasteiger partial charge in [0.25, 0.3) is 0 Å². The molecule has 0 radical (unpaired) electrons. The third-order valence-electron chi connectivity index (χ3n) is 3.38. The molecule has 0 aliphatic carbocycles. The maximum atomic E-state index is 12.5. The first-order valence-corrected chi connectivity index (χ1v) is 6.87. The molecule has 0 bridgehead atoms. The lowest BCUT2D eigenvalue weighted by molar-refractivity contribution is -0.153. The van der Waals surface area contributed by atoms with Crippen LogP contribution in [0.5, 0.6) is 0 Å². The number of carbonyl (C=O) groups excluding carboxylic acids is 1. The normalized spacial score (nSPS) is 20.5. The van der Waals surface area contributed by atoms with E-state index in [9.17, 15) is 18.0 Å². The van der Waals surface area contributed by atoms with Gasteiger partial charge in [-0.15, -0.1) is 0 Å². The van der Waals surface area contributed by atoms with Crippen molar-refractivity contribution >= 4 is 5.91 Å². The number of alkyl halides is 3. The van der Waals surface area contributed by atoms with Gasteiger partial charge in [-0.2, -0.15) is 13.2 Å². The molecule has 1 aliphatic rings. The molecule has 0 aromatic heterocycles. The first-order chi connectivity index (χ1) is 9.31. The fourth-order valence-electron chi connectivity index (χ4n) is 2.40. The number of nitrogens with zero attached hydrogens (tertiary/aromatic N) is 2. The van der Waals surface area contributed by atoms with Crippen molar-refractivity contribution in [1.82, 2.24) is 9.80 Å². The summed E-state index contributed by atoms with van der Waals surface area (Å²) in [6.45, 7) is 2.35. The van der Waals surface area contributed by atoms with E-state index in [0.717, 1.165) is 17.7 Å². The molecule has 1 rings (SSSR count). The zero-order chi connectivity index (χ0) is 15.2. The second-order valence-corrected chi connectivity index (χ2v) is 5.41. The van der Waals surface area contributed by atoms with Crippen LogP contribution in [0.25, 0.3) is 0 Å². The van der Waals surface area contributed by atoms with E-state index in [1.807, 2.05) is 0 Å². The SMILES string of the molecule is COCCN(CC(=O)N1CCC[C@H](C)C1)CC(F)(F)F. The van der Waals surface area contributed by atoms with Gasteiger partial charge in [0, 0.05) is 26.7 Å². The number of hydrogen-bond donors (Lipinski definition) is 0. The molecule has 1 saturated heterocycles. The second kappa shape index (κ2) is 7.83. The van der Waals surface area contributed by atoms with E-state index in [2.05, 4.69) is 6.92 Å². The third kappa shape index (κ3) is 6.56. The lowest BCUT2D eigenvalue weighted by atomic mass is 10.0. The highest BCUT2D eigenvalue weighted by Crippen LogP contribution is 2.18. The van der Waals surface area contributed by atoms with E-state index in [-0.39, 0.29) is 25.6 Å². The van der Waals surface area contributed by atoms with Crippen molar-refractivity contribution < 1.29 is 22.7 Å². The van der Waals surface area contributed by atoms with E-state index < -0.39 is 12.7 Å². The zero-order valence-electron chi connectivity index (χ0n) is 12.1. The Morgan fingerprint density at radius 2 is 2.15 bits per heavy atom. The van der Waals surface area contributed by atoms with Gasteiger partial charge in [0.15, 0.2) is 0 Å². The van der Waals surface area contributed by atoms with Crippen molar-refractivity contribution in [2.24, 2.45) is 5.92 Å². The molecule has 4 nitrogen and oxygen atoms in total.